The van der Waals surface area contributed by atoms with Gasteiger partial charge in [0.15, 0.2) is 0 Å². The molecule has 1 fully saturated rings. The highest BCUT2D eigenvalue weighted by molar-refractivity contribution is 5.82. The first-order valence-corrected chi connectivity index (χ1v) is 5.22. The van der Waals surface area contributed by atoms with Gasteiger partial charge in [-0.05, 0) is 18.8 Å². The molecule has 0 atom stereocenters. The number of hydroxylamine groups is 2. The summed E-state index contributed by atoms with van der Waals surface area (Å²) in [4.78, 5) is 27.5. The van der Waals surface area contributed by atoms with Gasteiger partial charge < -0.3 is 4.84 Å². The molecule has 0 spiro atoms. The third-order valence-corrected chi connectivity index (χ3v) is 2.26. The van der Waals surface area contributed by atoms with Crippen LogP contribution in [-0.4, -0.2) is 16.9 Å². The SMILES string of the molecule is C=C1CCC(=O)N1OC(=O)CCC(C)C. The number of amides is 1. The average Bonchev–Trinajstić information content (AvgIpc) is 2.46. The highest BCUT2D eigenvalue weighted by Gasteiger charge is 2.27. The van der Waals surface area contributed by atoms with Gasteiger partial charge >= 0.3 is 5.97 Å². The summed E-state index contributed by atoms with van der Waals surface area (Å²) in [5, 5.41) is 1.03. The Morgan fingerprint density at radius 2 is 2.20 bits per heavy atom. The van der Waals surface area contributed by atoms with Gasteiger partial charge in [-0.2, -0.15) is 0 Å². The van der Waals surface area contributed by atoms with Gasteiger partial charge in [0.1, 0.15) is 0 Å². The second kappa shape index (κ2) is 4.96. The zero-order valence-electron chi connectivity index (χ0n) is 9.28. The fraction of sp³-hybridized carbons (Fsp3) is 0.636. The lowest BCUT2D eigenvalue weighted by Gasteiger charge is -2.15. The van der Waals surface area contributed by atoms with Crippen LogP contribution < -0.4 is 0 Å². The van der Waals surface area contributed by atoms with Gasteiger partial charge in [-0.3, -0.25) is 4.79 Å². The summed E-state index contributed by atoms with van der Waals surface area (Å²) in [7, 11) is 0. The van der Waals surface area contributed by atoms with Crippen LogP contribution in [-0.2, 0) is 14.4 Å². The molecule has 0 saturated carbocycles. The number of hydrogen-bond acceptors (Lipinski definition) is 3. The zero-order valence-corrected chi connectivity index (χ0v) is 9.28. The van der Waals surface area contributed by atoms with Crippen LogP contribution in [0.4, 0.5) is 0 Å². The first-order chi connectivity index (χ1) is 7.00. The van der Waals surface area contributed by atoms with Crippen molar-refractivity contribution < 1.29 is 14.4 Å². The maximum Gasteiger partial charge on any atom is 0.333 e. The molecule has 4 heteroatoms. The number of carbonyl (C=O) groups is 2. The number of hydrogen-bond donors (Lipinski definition) is 0. The second-order valence-corrected chi connectivity index (χ2v) is 4.15. The van der Waals surface area contributed by atoms with E-state index in [0.717, 1.165) is 11.5 Å². The molecule has 0 unspecified atom stereocenters. The van der Waals surface area contributed by atoms with Crippen molar-refractivity contribution in [3.8, 4) is 0 Å². The number of rotatable bonds is 4. The molecule has 0 N–H and O–H groups in total. The van der Waals surface area contributed by atoms with Crippen LogP contribution in [0.5, 0.6) is 0 Å². The van der Waals surface area contributed by atoms with Crippen LogP contribution in [0.15, 0.2) is 12.3 Å². The molecule has 0 radical (unpaired) electrons. The molecule has 84 valence electrons. The van der Waals surface area contributed by atoms with Crippen molar-refractivity contribution in [2.75, 3.05) is 0 Å². The minimum atomic E-state index is -0.361. The van der Waals surface area contributed by atoms with E-state index in [9.17, 15) is 9.59 Å². The molecule has 1 amide bonds. The fourth-order valence-corrected chi connectivity index (χ4v) is 1.30. The molecule has 15 heavy (non-hydrogen) atoms. The molecule has 0 aromatic heterocycles. The lowest BCUT2D eigenvalue weighted by Crippen LogP contribution is -2.26. The maximum absolute atomic E-state index is 11.3. The van der Waals surface area contributed by atoms with Crippen LogP contribution in [0.2, 0.25) is 0 Å². The van der Waals surface area contributed by atoms with Crippen molar-refractivity contribution in [1.82, 2.24) is 5.06 Å². The summed E-state index contributed by atoms with van der Waals surface area (Å²) >= 11 is 0. The van der Waals surface area contributed by atoms with Crippen molar-refractivity contribution >= 4 is 11.9 Å². The second-order valence-electron chi connectivity index (χ2n) is 4.15. The van der Waals surface area contributed by atoms with E-state index in [4.69, 9.17) is 4.84 Å². The van der Waals surface area contributed by atoms with E-state index in [1.807, 2.05) is 13.8 Å². The molecule has 0 aromatic rings. The molecule has 1 heterocycles. The van der Waals surface area contributed by atoms with Gasteiger partial charge in [0.25, 0.3) is 5.91 Å². The Balaban J connectivity index is 2.37. The summed E-state index contributed by atoms with van der Waals surface area (Å²) < 4.78 is 0. The minimum absolute atomic E-state index is 0.183. The van der Waals surface area contributed by atoms with Crippen molar-refractivity contribution in [2.24, 2.45) is 5.92 Å². The Morgan fingerprint density at radius 1 is 1.53 bits per heavy atom. The Hall–Kier alpha value is -1.32. The molecule has 1 aliphatic heterocycles. The fourth-order valence-electron chi connectivity index (χ4n) is 1.30. The molecule has 0 aromatic carbocycles. The van der Waals surface area contributed by atoms with E-state index in [1.165, 1.54) is 0 Å². The predicted octanol–water partition coefficient (Wildman–Crippen LogP) is 2.02. The average molecular weight is 211 g/mol. The molecular formula is C11H17NO3. The minimum Gasteiger partial charge on any atom is -0.334 e. The third kappa shape index (κ3) is 3.38. The molecule has 4 nitrogen and oxygen atoms in total. The van der Waals surface area contributed by atoms with Gasteiger partial charge in [-0.25, -0.2) is 4.79 Å². The van der Waals surface area contributed by atoms with Crippen LogP contribution in [0.3, 0.4) is 0 Å². The number of nitrogens with zero attached hydrogens (tertiary/aromatic N) is 1. The monoisotopic (exact) mass is 211 g/mol. The molecule has 1 aliphatic rings. The number of allylic oxidation sites excluding steroid dienone is 1. The molecule has 0 aliphatic carbocycles. The summed E-state index contributed by atoms with van der Waals surface area (Å²) in [6, 6.07) is 0. The molecule has 0 bridgehead atoms. The quantitative estimate of drug-likeness (QED) is 0.714. The largest absolute Gasteiger partial charge is 0.334 e. The first kappa shape index (κ1) is 11.8. The Labute approximate surface area is 89.8 Å². The third-order valence-electron chi connectivity index (χ3n) is 2.26. The Morgan fingerprint density at radius 3 is 2.67 bits per heavy atom. The lowest BCUT2D eigenvalue weighted by atomic mass is 10.1. The summed E-state index contributed by atoms with van der Waals surface area (Å²) in [5.74, 6) is -0.0898. The maximum atomic E-state index is 11.3. The van der Waals surface area contributed by atoms with Crippen molar-refractivity contribution in [3.05, 3.63) is 12.3 Å². The van der Waals surface area contributed by atoms with Crippen LogP contribution in [0.1, 0.15) is 39.5 Å². The van der Waals surface area contributed by atoms with Crippen LogP contribution >= 0.6 is 0 Å². The van der Waals surface area contributed by atoms with E-state index in [1.54, 1.807) is 0 Å². The van der Waals surface area contributed by atoms with Crippen molar-refractivity contribution in [2.45, 2.75) is 39.5 Å². The first-order valence-electron chi connectivity index (χ1n) is 5.22. The number of carbonyl (C=O) groups excluding carboxylic acids is 2. The lowest BCUT2D eigenvalue weighted by molar-refractivity contribution is -0.186. The highest BCUT2D eigenvalue weighted by Crippen LogP contribution is 2.21. The van der Waals surface area contributed by atoms with Gasteiger partial charge in [-0.1, -0.05) is 20.4 Å². The highest BCUT2D eigenvalue weighted by atomic mass is 16.7. The zero-order chi connectivity index (χ0) is 11.4. The van der Waals surface area contributed by atoms with E-state index < -0.39 is 0 Å². The molecule has 1 rings (SSSR count). The van der Waals surface area contributed by atoms with Gasteiger partial charge in [0.2, 0.25) is 0 Å². The Kier molecular flexibility index (Phi) is 3.88. The van der Waals surface area contributed by atoms with E-state index in [0.29, 0.717) is 30.9 Å². The smallest absolute Gasteiger partial charge is 0.333 e. The molecular weight excluding hydrogens is 194 g/mol. The van der Waals surface area contributed by atoms with Crippen molar-refractivity contribution in [3.63, 3.8) is 0 Å². The summed E-state index contributed by atoms with van der Waals surface area (Å²) in [6.07, 6.45) is 2.08. The van der Waals surface area contributed by atoms with E-state index in [-0.39, 0.29) is 11.9 Å². The van der Waals surface area contributed by atoms with E-state index >= 15 is 0 Å². The normalized spacial score (nSPS) is 16.3. The Bertz CT molecular complexity index is 268. The topological polar surface area (TPSA) is 46.6 Å². The predicted molar refractivity (Wildman–Crippen MR) is 55.4 cm³/mol. The van der Waals surface area contributed by atoms with Gasteiger partial charge in [0, 0.05) is 12.8 Å². The van der Waals surface area contributed by atoms with Crippen molar-refractivity contribution in [1.29, 1.82) is 0 Å². The van der Waals surface area contributed by atoms with E-state index in [2.05, 4.69) is 6.58 Å². The van der Waals surface area contributed by atoms with Crippen LogP contribution in [0.25, 0.3) is 0 Å². The van der Waals surface area contributed by atoms with Gasteiger partial charge in [0.05, 0.1) is 5.70 Å². The summed E-state index contributed by atoms with van der Waals surface area (Å²) in [6.45, 7) is 7.73. The standard InChI is InChI=1S/C11H17NO3/c1-8(2)4-7-11(14)15-12-9(3)5-6-10(12)13/h8H,3-7H2,1-2H3. The summed E-state index contributed by atoms with van der Waals surface area (Å²) in [5.41, 5.74) is 0.567. The van der Waals surface area contributed by atoms with Crippen LogP contribution in [0, 0.1) is 5.92 Å². The molecule has 1 saturated heterocycles. The van der Waals surface area contributed by atoms with Gasteiger partial charge in [-0.15, -0.1) is 5.06 Å².